The van der Waals surface area contributed by atoms with Crippen molar-refractivity contribution in [1.29, 1.82) is 0 Å². The zero-order valence-electron chi connectivity index (χ0n) is 21.4. The number of rotatable bonds is 6. The molecule has 2 aromatic rings. The molecule has 4 atom stereocenters. The van der Waals surface area contributed by atoms with Crippen molar-refractivity contribution >= 4 is 45.8 Å². The number of carbonyl (C=O) groups is 2. The number of anilines is 2. The van der Waals surface area contributed by atoms with Crippen LogP contribution in [0.25, 0.3) is 0 Å². The Balaban J connectivity index is 1.37. The highest BCUT2D eigenvalue weighted by atomic mass is 127. The van der Waals surface area contributed by atoms with Gasteiger partial charge in [0.05, 0.1) is 6.67 Å². The molecule has 2 amide bonds. The average Bonchev–Trinajstić information content (AvgIpc) is 3.22. The Morgan fingerprint density at radius 1 is 1.19 bits per heavy atom. The molecule has 2 aromatic carbocycles. The van der Waals surface area contributed by atoms with Crippen LogP contribution in [-0.4, -0.2) is 40.4 Å². The molecule has 0 aliphatic carbocycles. The van der Waals surface area contributed by atoms with Crippen LogP contribution in [-0.2, 0) is 17.0 Å². The molecule has 2 fully saturated rings. The van der Waals surface area contributed by atoms with E-state index in [1.54, 1.807) is 4.90 Å². The minimum atomic E-state index is -0.450. The summed E-state index contributed by atoms with van der Waals surface area (Å²) >= 11 is 2.39. The number of allylic oxidation sites excluding steroid dienone is 1. The molecule has 37 heavy (non-hydrogen) atoms. The van der Waals surface area contributed by atoms with Gasteiger partial charge in [-0.3, -0.25) is 14.5 Å². The zero-order valence-corrected chi connectivity index (χ0v) is 23.6. The predicted molar refractivity (Wildman–Crippen MR) is 154 cm³/mol. The second kappa shape index (κ2) is 9.31. The first-order valence-corrected chi connectivity index (χ1v) is 14.5. The van der Waals surface area contributed by atoms with Gasteiger partial charge in [-0.05, 0) is 72.0 Å². The van der Waals surface area contributed by atoms with Crippen molar-refractivity contribution in [2.75, 3.05) is 17.3 Å². The lowest BCUT2D eigenvalue weighted by Gasteiger charge is -2.67. The number of benzene rings is 2. The molecule has 0 bridgehead atoms. The van der Waals surface area contributed by atoms with Gasteiger partial charge in [-0.15, -0.1) is 0 Å². The van der Waals surface area contributed by atoms with E-state index < -0.39 is 6.04 Å². The molecule has 4 heterocycles. The number of nitrogens with zero attached hydrogens (tertiary/aromatic N) is 2. The lowest BCUT2D eigenvalue weighted by Crippen LogP contribution is -2.76. The maximum absolute atomic E-state index is 13.4. The number of nitrogens with one attached hydrogen (secondary N) is 3. The van der Waals surface area contributed by atoms with E-state index in [0.29, 0.717) is 36.9 Å². The van der Waals surface area contributed by atoms with Gasteiger partial charge in [0, 0.05) is 50.3 Å². The first kappa shape index (κ1) is 24.7. The fourth-order valence-corrected chi connectivity index (χ4v) is 7.84. The summed E-state index contributed by atoms with van der Waals surface area (Å²) in [5, 5.41) is 10.5. The Kier molecular flexibility index (Phi) is 6.22. The van der Waals surface area contributed by atoms with Gasteiger partial charge < -0.3 is 20.9 Å². The number of para-hydroxylation sites is 1. The fraction of sp³-hybridized carbons (Fsp3) is 0.448. The number of hydrogen-bond acceptors (Lipinski definition) is 5. The number of piperidine rings is 1. The Labute approximate surface area is 232 Å². The third kappa shape index (κ3) is 3.62. The number of fused-ring (bicyclic) bond motifs is 4. The second-order valence-electron chi connectivity index (χ2n) is 10.6. The van der Waals surface area contributed by atoms with Crippen LogP contribution in [0.3, 0.4) is 0 Å². The van der Waals surface area contributed by atoms with E-state index in [1.807, 2.05) is 6.07 Å². The molecular formula is C29H34IN5O2. The predicted octanol–water partition coefficient (Wildman–Crippen LogP) is 5.20. The van der Waals surface area contributed by atoms with Crippen LogP contribution in [0.5, 0.6) is 0 Å². The summed E-state index contributed by atoms with van der Waals surface area (Å²) in [4.78, 5) is 30.4. The van der Waals surface area contributed by atoms with Crippen LogP contribution in [0.1, 0.15) is 67.4 Å². The minimum absolute atomic E-state index is 0.0577. The van der Waals surface area contributed by atoms with Gasteiger partial charge in [0.1, 0.15) is 11.7 Å². The smallest absolute Gasteiger partial charge is 0.255 e. The zero-order chi connectivity index (χ0) is 25.9. The van der Waals surface area contributed by atoms with E-state index in [9.17, 15) is 9.59 Å². The Hall–Kier alpha value is -2.59. The third-order valence-electron chi connectivity index (χ3n) is 8.74. The molecule has 3 N–H and O–H groups in total. The van der Waals surface area contributed by atoms with Gasteiger partial charge in [-0.1, -0.05) is 45.0 Å². The molecule has 0 saturated carbocycles. The first-order valence-electron chi connectivity index (χ1n) is 13.4. The molecule has 4 aliphatic rings. The van der Waals surface area contributed by atoms with Crippen LogP contribution in [0.2, 0.25) is 0 Å². The van der Waals surface area contributed by atoms with Crippen molar-refractivity contribution < 1.29 is 9.59 Å². The number of halogens is 1. The maximum Gasteiger partial charge on any atom is 0.255 e. The van der Waals surface area contributed by atoms with Gasteiger partial charge in [0.25, 0.3) is 5.91 Å². The molecule has 2 saturated heterocycles. The van der Waals surface area contributed by atoms with Crippen LogP contribution in [0.4, 0.5) is 11.4 Å². The monoisotopic (exact) mass is 611 g/mol. The van der Waals surface area contributed by atoms with Crippen molar-refractivity contribution in [1.82, 2.24) is 15.1 Å². The Morgan fingerprint density at radius 2 is 2.00 bits per heavy atom. The highest BCUT2D eigenvalue weighted by Crippen LogP contribution is 2.56. The van der Waals surface area contributed by atoms with Gasteiger partial charge >= 0.3 is 0 Å². The van der Waals surface area contributed by atoms with E-state index in [2.05, 4.69) is 94.2 Å². The second-order valence-corrected chi connectivity index (χ2v) is 11.7. The molecule has 0 spiro atoms. The van der Waals surface area contributed by atoms with Crippen molar-refractivity contribution in [2.45, 2.75) is 70.2 Å². The van der Waals surface area contributed by atoms with Crippen molar-refractivity contribution in [3.63, 3.8) is 0 Å². The standard InChI is InChI=1S/C29H34IN5O2/c1-4-8-21-24(5-2)35-16-31-22-10-7-6-9-20(22)29(21,35)33-23-13-12-18-19(26(23)30)15-34(28(18)37)25-14-11-17(3)32-27(25)36/h6-7,9-10,12-13,21,24-25,31,33H,3-5,8,11,14-16H2,1-2H3,(H,32,36). The molecule has 0 aromatic heterocycles. The third-order valence-corrected chi connectivity index (χ3v) is 9.97. The van der Waals surface area contributed by atoms with Gasteiger partial charge in [-0.2, -0.15) is 0 Å². The number of carbonyl (C=O) groups excluding carboxylic acids is 2. The molecule has 194 valence electrons. The van der Waals surface area contributed by atoms with Crippen LogP contribution in [0, 0.1) is 9.49 Å². The van der Waals surface area contributed by atoms with Crippen molar-refractivity contribution in [2.24, 2.45) is 5.92 Å². The molecule has 7 nitrogen and oxygen atoms in total. The minimum Gasteiger partial charge on any atom is -0.372 e. The summed E-state index contributed by atoms with van der Waals surface area (Å²) in [7, 11) is 0. The summed E-state index contributed by atoms with van der Waals surface area (Å²) in [6.07, 6.45) is 4.70. The molecular weight excluding hydrogens is 577 g/mol. The SMILES string of the molecule is C=C1CCC(N2Cc3c(ccc(NC45c6ccccc6NCN4C(CC)C5CCC)c3I)C2=O)C(=O)N1. The molecule has 6 rings (SSSR count). The summed E-state index contributed by atoms with van der Waals surface area (Å²) in [6.45, 7) is 9.69. The largest absolute Gasteiger partial charge is 0.372 e. The van der Waals surface area contributed by atoms with E-state index in [4.69, 9.17) is 0 Å². The molecule has 4 aliphatic heterocycles. The Morgan fingerprint density at radius 3 is 2.76 bits per heavy atom. The lowest BCUT2D eigenvalue weighted by atomic mass is 9.66. The summed E-state index contributed by atoms with van der Waals surface area (Å²) in [5.74, 6) is 0.290. The highest BCUT2D eigenvalue weighted by Gasteiger charge is 2.62. The van der Waals surface area contributed by atoms with Crippen LogP contribution in [0.15, 0.2) is 48.7 Å². The maximum atomic E-state index is 13.4. The summed E-state index contributed by atoms with van der Waals surface area (Å²) in [6, 6.07) is 12.7. The fourth-order valence-electron chi connectivity index (χ4n) is 7.06. The molecule has 4 unspecified atom stereocenters. The topological polar surface area (TPSA) is 76.7 Å². The van der Waals surface area contributed by atoms with Crippen molar-refractivity contribution in [3.05, 3.63) is 68.9 Å². The quantitative estimate of drug-likeness (QED) is 0.392. The van der Waals surface area contributed by atoms with Crippen molar-refractivity contribution in [3.8, 4) is 0 Å². The van der Waals surface area contributed by atoms with Crippen LogP contribution >= 0.6 is 22.6 Å². The number of amides is 2. The van der Waals surface area contributed by atoms with E-state index in [0.717, 1.165) is 46.4 Å². The van der Waals surface area contributed by atoms with Gasteiger partial charge in [0.2, 0.25) is 5.91 Å². The normalized spacial score (nSPS) is 28.6. The Bertz CT molecular complexity index is 1300. The molecule has 0 radical (unpaired) electrons. The van der Waals surface area contributed by atoms with Crippen LogP contribution < -0.4 is 16.0 Å². The summed E-state index contributed by atoms with van der Waals surface area (Å²) in [5.41, 5.74) is 5.67. The first-order chi connectivity index (χ1) is 17.9. The lowest BCUT2D eigenvalue weighted by molar-refractivity contribution is -0.133. The molecule has 8 heteroatoms. The van der Waals surface area contributed by atoms with E-state index in [-0.39, 0.29) is 17.5 Å². The van der Waals surface area contributed by atoms with E-state index >= 15 is 0 Å². The van der Waals surface area contributed by atoms with E-state index in [1.165, 1.54) is 11.3 Å². The average molecular weight is 612 g/mol. The number of hydrogen-bond donors (Lipinski definition) is 3. The summed E-state index contributed by atoms with van der Waals surface area (Å²) < 4.78 is 1.06. The van der Waals surface area contributed by atoms with Gasteiger partial charge in [-0.25, -0.2) is 0 Å². The van der Waals surface area contributed by atoms with Gasteiger partial charge in [0.15, 0.2) is 0 Å². The highest BCUT2D eigenvalue weighted by molar-refractivity contribution is 14.1.